The molecule has 1 fully saturated rings. The van der Waals surface area contributed by atoms with E-state index in [1.54, 1.807) is 31.2 Å². The van der Waals surface area contributed by atoms with Crippen molar-refractivity contribution in [1.82, 2.24) is 5.32 Å². The third-order valence-electron chi connectivity index (χ3n) is 3.23. The highest BCUT2D eigenvalue weighted by Gasteiger charge is 2.22. The molecule has 2 heterocycles. The predicted molar refractivity (Wildman–Crippen MR) is 91.8 cm³/mol. The van der Waals surface area contributed by atoms with E-state index in [0.29, 0.717) is 20.7 Å². The highest BCUT2D eigenvalue weighted by atomic mass is 32.2. The molecule has 0 aliphatic carbocycles. The molecule has 1 amide bonds. The fourth-order valence-electron chi connectivity index (χ4n) is 2.16. The Labute approximate surface area is 140 Å². The number of amides is 1. The number of thiocarbonyl (C=S) groups is 1. The number of non-ortho nitro benzene ring substituents is 1. The molecule has 0 radical (unpaired) electrons. The molecule has 8 heteroatoms. The number of nitro groups is 1. The lowest BCUT2D eigenvalue weighted by Crippen LogP contribution is -2.17. The topological polar surface area (TPSA) is 85.4 Å². The van der Waals surface area contributed by atoms with Crippen molar-refractivity contribution < 1.29 is 14.1 Å². The second-order valence-electron chi connectivity index (χ2n) is 4.81. The Morgan fingerprint density at radius 1 is 1.35 bits per heavy atom. The first-order valence-corrected chi connectivity index (χ1v) is 7.76. The van der Waals surface area contributed by atoms with E-state index in [4.69, 9.17) is 16.6 Å². The standard InChI is InChI=1S/C15H10N2O4S2/c1-8-6-9(17(19)20)2-4-11(8)12-5-3-10(21-12)7-13-14(18)16-15(22)23-13/h2-7H,1H3,(H,16,18,22)/b13-7-. The maximum atomic E-state index is 11.6. The van der Waals surface area contributed by atoms with Gasteiger partial charge in [-0.25, -0.2) is 0 Å². The van der Waals surface area contributed by atoms with Gasteiger partial charge in [0, 0.05) is 23.8 Å². The lowest BCUT2D eigenvalue weighted by atomic mass is 10.1. The number of hydrogen-bond donors (Lipinski definition) is 1. The van der Waals surface area contributed by atoms with E-state index in [1.165, 1.54) is 23.9 Å². The molecule has 23 heavy (non-hydrogen) atoms. The summed E-state index contributed by atoms with van der Waals surface area (Å²) in [4.78, 5) is 22.4. The summed E-state index contributed by atoms with van der Waals surface area (Å²) in [6.07, 6.45) is 1.61. The monoisotopic (exact) mass is 346 g/mol. The van der Waals surface area contributed by atoms with Crippen LogP contribution >= 0.6 is 24.0 Å². The van der Waals surface area contributed by atoms with Gasteiger partial charge in [0.05, 0.1) is 9.83 Å². The van der Waals surface area contributed by atoms with Crippen LogP contribution in [0.25, 0.3) is 17.4 Å². The molecule has 1 aliphatic heterocycles. The Balaban J connectivity index is 1.91. The quantitative estimate of drug-likeness (QED) is 0.395. The van der Waals surface area contributed by atoms with Gasteiger partial charge in [0.25, 0.3) is 11.6 Å². The highest BCUT2D eigenvalue weighted by molar-refractivity contribution is 8.26. The fraction of sp³-hybridized carbons (Fsp3) is 0.0667. The minimum Gasteiger partial charge on any atom is -0.457 e. The normalized spacial score (nSPS) is 16.0. The molecule has 6 nitrogen and oxygen atoms in total. The molecule has 0 unspecified atom stereocenters. The van der Waals surface area contributed by atoms with Gasteiger partial charge in [-0.1, -0.05) is 24.0 Å². The lowest BCUT2D eigenvalue weighted by Gasteiger charge is -2.02. The van der Waals surface area contributed by atoms with Crippen LogP contribution in [0.2, 0.25) is 0 Å². The first-order valence-electron chi connectivity index (χ1n) is 6.54. The van der Waals surface area contributed by atoms with Crippen LogP contribution in [0, 0.1) is 17.0 Å². The van der Waals surface area contributed by atoms with Crippen LogP contribution in [-0.2, 0) is 4.79 Å². The maximum absolute atomic E-state index is 11.6. The Morgan fingerprint density at radius 2 is 2.13 bits per heavy atom. The smallest absolute Gasteiger partial charge is 0.269 e. The summed E-state index contributed by atoms with van der Waals surface area (Å²) < 4.78 is 6.13. The van der Waals surface area contributed by atoms with Crippen LogP contribution in [-0.4, -0.2) is 15.2 Å². The van der Waals surface area contributed by atoms with Crippen molar-refractivity contribution in [2.45, 2.75) is 6.92 Å². The van der Waals surface area contributed by atoms with E-state index in [2.05, 4.69) is 5.32 Å². The van der Waals surface area contributed by atoms with Gasteiger partial charge in [0.15, 0.2) is 0 Å². The molecule has 2 aromatic rings. The summed E-state index contributed by atoms with van der Waals surface area (Å²) in [6.45, 7) is 1.78. The van der Waals surface area contributed by atoms with Crippen LogP contribution in [0.3, 0.4) is 0 Å². The summed E-state index contributed by atoms with van der Waals surface area (Å²) >= 11 is 6.10. The molecule has 1 aromatic heterocycles. The third-order valence-corrected chi connectivity index (χ3v) is 4.39. The van der Waals surface area contributed by atoms with E-state index in [1.807, 2.05) is 0 Å². The van der Waals surface area contributed by atoms with Crippen LogP contribution in [0.4, 0.5) is 5.69 Å². The lowest BCUT2D eigenvalue weighted by molar-refractivity contribution is -0.384. The molecule has 1 aromatic carbocycles. The molecule has 1 aliphatic rings. The van der Waals surface area contributed by atoms with Crippen molar-refractivity contribution in [1.29, 1.82) is 0 Å². The SMILES string of the molecule is Cc1cc([N+](=O)[O-])ccc1-c1ccc(/C=C2\SC(=S)NC2=O)o1. The minimum atomic E-state index is -0.437. The molecule has 0 spiro atoms. The molecule has 1 N–H and O–H groups in total. The largest absolute Gasteiger partial charge is 0.457 e. The van der Waals surface area contributed by atoms with E-state index in [-0.39, 0.29) is 11.6 Å². The Morgan fingerprint density at radius 3 is 2.74 bits per heavy atom. The second kappa shape index (κ2) is 5.98. The number of nitrogens with one attached hydrogen (secondary N) is 1. The van der Waals surface area contributed by atoms with Crippen molar-refractivity contribution in [3.8, 4) is 11.3 Å². The summed E-state index contributed by atoms with van der Waals surface area (Å²) in [6, 6.07) is 8.07. The van der Waals surface area contributed by atoms with Crippen molar-refractivity contribution in [3.63, 3.8) is 0 Å². The summed E-state index contributed by atoms with van der Waals surface area (Å²) in [5.41, 5.74) is 1.54. The zero-order chi connectivity index (χ0) is 16.6. The molecule has 0 atom stereocenters. The van der Waals surface area contributed by atoms with Gasteiger partial charge in [0.2, 0.25) is 0 Å². The summed E-state index contributed by atoms with van der Waals surface area (Å²) in [5.74, 6) is 0.847. The van der Waals surface area contributed by atoms with Crippen LogP contribution < -0.4 is 5.32 Å². The number of benzene rings is 1. The molecule has 3 rings (SSSR count). The number of furan rings is 1. The minimum absolute atomic E-state index is 0.0349. The maximum Gasteiger partial charge on any atom is 0.269 e. The summed E-state index contributed by atoms with van der Waals surface area (Å²) in [7, 11) is 0. The average Bonchev–Trinajstić information content (AvgIpc) is 3.06. The van der Waals surface area contributed by atoms with Crippen LogP contribution in [0.5, 0.6) is 0 Å². The zero-order valence-corrected chi connectivity index (χ0v) is 13.5. The molecule has 0 saturated carbocycles. The second-order valence-corrected chi connectivity index (χ2v) is 6.53. The van der Waals surface area contributed by atoms with E-state index in [9.17, 15) is 14.9 Å². The molecular weight excluding hydrogens is 336 g/mol. The summed E-state index contributed by atoms with van der Waals surface area (Å²) in [5, 5.41) is 13.3. The predicted octanol–water partition coefficient (Wildman–Crippen LogP) is 3.65. The zero-order valence-electron chi connectivity index (χ0n) is 11.9. The number of hydrogen-bond acceptors (Lipinski definition) is 6. The molecule has 0 bridgehead atoms. The average molecular weight is 346 g/mol. The molecular formula is C15H10N2O4S2. The first-order chi connectivity index (χ1) is 10.9. The molecule has 116 valence electrons. The van der Waals surface area contributed by atoms with Gasteiger partial charge < -0.3 is 9.73 Å². The van der Waals surface area contributed by atoms with E-state index in [0.717, 1.165) is 11.1 Å². The number of thioether (sulfide) groups is 1. The van der Waals surface area contributed by atoms with Gasteiger partial charge in [-0.15, -0.1) is 0 Å². The van der Waals surface area contributed by atoms with Crippen molar-refractivity contribution >= 4 is 46.0 Å². The Bertz CT molecular complexity index is 870. The Hall–Kier alpha value is -2.45. The first kappa shape index (κ1) is 15.4. The van der Waals surface area contributed by atoms with Crippen molar-refractivity contribution in [2.24, 2.45) is 0 Å². The number of nitro benzene ring substituents is 1. The number of aryl methyl sites for hydroxylation is 1. The van der Waals surface area contributed by atoms with E-state index < -0.39 is 4.92 Å². The van der Waals surface area contributed by atoms with Crippen molar-refractivity contribution in [3.05, 3.63) is 56.7 Å². The number of rotatable bonds is 3. The number of nitrogens with zero attached hydrogens (tertiary/aromatic N) is 1. The van der Waals surface area contributed by atoms with E-state index >= 15 is 0 Å². The number of carbonyl (C=O) groups is 1. The van der Waals surface area contributed by atoms with Gasteiger partial charge in [0.1, 0.15) is 15.8 Å². The third kappa shape index (κ3) is 3.17. The van der Waals surface area contributed by atoms with Gasteiger partial charge in [-0.05, 0) is 30.7 Å². The fourth-order valence-corrected chi connectivity index (χ4v) is 3.19. The Kier molecular flexibility index (Phi) is 4.01. The highest BCUT2D eigenvalue weighted by Crippen LogP contribution is 2.31. The van der Waals surface area contributed by atoms with Crippen LogP contribution in [0.15, 0.2) is 39.7 Å². The van der Waals surface area contributed by atoms with Gasteiger partial charge >= 0.3 is 0 Å². The van der Waals surface area contributed by atoms with Gasteiger partial charge in [-0.3, -0.25) is 14.9 Å². The molecule has 1 saturated heterocycles. The number of carbonyl (C=O) groups excluding carboxylic acids is 1. The van der Waals surface area contributed by atoms with Gasteiger partial charge in [-0.2, -0.15) is 0 Å². The van der Waals surface area contributed by atoms with Crippen molar-refractivity contribution in [2.75, 3.05) is 0 Å². The van der Waals surface area contributed by atoms with Crippen LogP contribution in [0.1, 0.15) is 11.3 Å².